The van der Waals surface area contributed by atoms with Crippen LogP contribution in [0, 0.1) is 6.92 Å². The molecule has 1 heterocycles. The number of morpholine rings is 1. The second-order valence-electron chi connectivity index (χ2n) is 6.59. The van der Waals surface area contributed by atoms with Crippen LogP contribution in [0.4, 0.5) is 5.69 Å². The molecule has 1 amide bonds. The number of aryl methyl sites for hydroxylation is 1. The van der Waals surface area contributed by atoms with Crippen molar-refractivity contribution in [3.63, 3.8) is 0 Å². The van der Waals surface area contributed by atoms with Gasteiger partial charge in [0.2, 0.25) is 15.9 Å². The first-order valence-corrected chi connectivity index (χ1v) is 10.4. The van der Waals surface area contributed by atoms with Crippen molar-refractivity contribution in [2.75, 3.05) is 50.9 Å². The third kappa shape index (κ3) is 7.25. The molecule has 9 nitrogen and oxygen atoms in total. The molecule has 0 aromatic heterocycles. The van der Waals surface area contributed by atoms with Crippen LogP contribution in [-0.4, -0.2) is 86.3 Å². The van der Waals surface area contributed by atoms with Crippen LogP contribution in [0.2, 0.25) is 0 Å². The first-order valence-electron chi connectivity index (χ1n) is 8.51. The number of sulfonamides is 1. The van der Waals surface area contributed by atoms with Crippen molar-refractivity contribution < 1.29 is 27.9 Å². The van der Waals surface area contributed by atoms with E-state index >= 15 is 0 Å². The van der Waals surface area contributed by atoms with E-state index in [1.165, 1.54) is 0 Å². The van der Waals surface area contributed by atoms with Crippen molar-refractivity contribution >= 4 is 27.6 Å². The molecule has 1 saturated heterocycles. The SMILES string of the molecule is Cc1ccc(NC(=O)CN2CCOC(CN(CC(=O)O)S(C)(=O)=O)C2)cc1. The van der Waals surface area contributed by atoms with Crippen LogP contribution in [-0.2, 0) is 24.3 Å². The number of benzene rings is 1. The smallest absolute Gasteiger partial charge is 0.318 e. The van der Waals surface area contributed by atoms with Crippen LogP contribution < -0.4 is 5.32 Å². The van der Waals surface area contributed by atoms with Gasteiger partial charge in [0, 0.05) is 25.3 Å². The first kappa shape index (κ1) is 21.3. The molecule has 10 heteroatoms. The highest BCUT2D eigenvalue weighted by Crippen LogP contribution is 2.11. The number of amides is 1. The minimum atomic E-state index is -3.67. The lowest BCUT2D eigenvalue weighted by Gasteiger charge is -2.34. The summed E-state index contributed by atoms with van der Waals surface area (Å²) in [6.07, 6.45) is 0.464. The van der Waals surface area contributed by atoms with E-state index in [4.69, 9.17) is 9.84 Å². The molecular formula is C17H25N3O6S. The lowest BCUT2D eigenvalue weighted by Crippen LogP contribution is -2.51. The van der Waals surface area contributed by atoms with Crippen molar-refractivity contribution in [1.82, 2.24) is 9.21 Å². The second-order valence-corrected chi connectivity index (χ2v) is 8.57. The van der Waals surface area contributed by atoms with Gasteiger partial charge in [0.15, 0.2) is 0 Å². The zero-order chi connectivity index (χ0) is 20.0. The minimum absolute atomic E-state index is 0.0682. The molecule has 1 aromatic carbocycles. The Balaban J connectivity index is 1.89. The predicted octanol–water partition coefficient (Wildman–Crippen LogP) is -0.0195. The number of carboxylic acids is 1. The van der Waals surface area contributed by atoms with Crippen LogP contribution in [0.5, 0.6) is 0 Å². The fourth-order valence-electron chi connectivity index (χ4n) is 2.77. The Labute approximate surface area is 159 Å². The highest BCUT2D eigenvalue weighted by molar-refractivity contribution is 7.88. The fraction of sp³-hybridized carbons (Fsp3) is 0.529. The first-order chi connectivity index (χ1) is 12.6. The fourth-order valence-corrected chi connectivity index (χ4v) is 3.55. The van der Waals surface area contributed by atoms with Gasteiger partial charge in [0.05, 0.1) is 25.5 Å². The van der Waals surface area contributed by atoms with E-state index in [1.807, 2.05) is 36.1 Å². The number of rotatable bonds is 8. The molecule has 0 bridgehead atoms. The van der Waals surface area contributed by atoms with Gasteiger partial charge in [0.1, 0.15) is 6.54 Å². The molecule has 0 saturated carbocycles. The van der Waals surface area contributed by atoms with Crippen molar-refractivity contribution in [3.05, 3.63) is 29.8 Å². The predicted molar refractivity (Wildman–Crippen MR) is 100 cm³/mol. The van der Waals surface area contributed by atoms with Crippen molar-refractivity contribution in [2.24, 2.45) is 0 Å². The molecule has 1 atom stereocenters. The number of carboxylic acid groups (broad SMARTS) is 1. The Morgan fingerprint density at radius 1 is 1.33 bits per heavy atom. The molecule has 1 aromatic rings. The van der Waals surface area contributed by atoms with Crippen LogP contribution in [0.1, 0.15) is 5.56 Å². The number of nitrogens with one attached hydrogen (secondary N) is 1. The standard InChI is InChI=1S/C17H25N3O6S/c1-13-3-5-14(6-4-13)18-16(21)11-19-7-8-26-15(9-19)10-20(12-17(22)23)27(2,24)25/h3-6,15H,7-12H2,1-2H3,(H,18,21)(H,22,23). The Morgan fingerprint density at radius 2 is 2.00 bits per heavy atom. The maximum atomic E-state index is 12.2. The topological polar surface area (TPSA) is 116 Å². The summed E-state index contributed by atoms with van der Waals surface area (Å²) in [5.74, 6) is -1.41. The van der Waals surface area contributed by atoms with E-state index in [-0.39, 0.29) is 19.0 Å². The molecule has 0 spiro atoms. The summed E-state index contributed by atoms with van der Waals surface area (Å²) in [6, 6.07) is 7.46. The Kier molecular flexibility index (Phi) is 7.31. The normalized spacial score (nSPS) is 18.4. The average Bonchev–Trinajstić information content (AvgIpc) is 2.55. The summed E-state index contributed by atoms with van der Waals surface area (Å²) in [5, 5.41) is 11.7. The largest absolute Gasteiger partial charge is 0.480 e. The molecule has 0 aliphatic carbocycles. The summed E-state index contributed by atoms with van der Waals surface area (Å²) in [7, 11) is -3.67. The Hall–Kier alpha value is -2.01. The number of carbonyl (C=O) groups is 2. The maximum absolute atomic E-state index is 12.2. The molecule has 2 rings (SSSR count). The van der Waals surface area contributed by atoms with Gasteiger partial charge in [-0.3, -0.25) is 14.5 Å². The van der Waals surface area contributed by atoms with E-state index in [9.17, 15) is 18.0 Å². The number of hydrogen-bond donors (Lipinski definition) is 2. The highest BCUT2D eigenvalue weighted by Gasteiger charge is 2.28. The van der Waals surface area contributed by atoms with E-state index in [0.717, 1.165) is 16.1 Å². The average molecular weight is 399 g/mol. The Morgan fingerprint density at radius 3 is 2.59 bits per heavy atom. The highest BCUT2D eigenvalue weighted by atomic mass is 32.2. The quantitative estimate of drug-likeness (QED) is 0.631. The molecular weight excluding hydrogens is 374 g/mol. The summed E-state index contributed by atoms with van der Waals surface area (Å²) < 4.78 is 29.9. The molecule has 2 N–H and O–H groups in total. The number of ether oxygens (including phenoxy) is 1. The monoisotopic (exact) mass is 399 g/mol. The van der Waals surface area contributed by atoms with Gasteiger partial charge < -0.3 is 15.2 Å². The summed E-state index contributed by atoms with van der Waals surface area (Å²) >= 11 is 0. The number of aliphatic carboxylic acids is 1. The van der Waals surface area contributed by atoms with Crippen molar-refractivity contribution in [2.45, 2.75) is 13.0 Å². The lowest BCUT2D eigenvalue weighted by atomic mass is 10.2. The second kappa shape index (κ2) is 9.27. The molecule has 150 valence electrons. The Bertz CT molecular complexity index is 765. The summed E-state index contributed by atoms with van der Waals surface area (Å²) in [5.41, 5.74) is 1.81. The molecule has 1 unspecified atom stereocenters. The maximum Gasteiger partial charge on any atom is 0.318 e. The zero-order valence-electron chi connectivity index (χ0n) is 15.4. The van der Waals surface area contributed by atoms with E-state index in [2.05, 4.69) is 5.32 Å². The molecule has 27 heavy (non-hydrogen) atoms. The number of anilines is 1. The van der Waals surface area contributed by atoms with E-state index < -0.39 is 28.6 Å². The summed E-state index contributed by atoms with van der Waals surface area (Å²) in [6.45, 7) is 2.64. The van der Waals surface area contributed by atoms with Gasteiger partial charge in [-0.25, -0.2) is 8.42 Å². The molecule has 1 aliphatic rings. The van der Waals surface area contributed by atoms with E-state index in [1.54, 1.807) is 0 Å². The third-order valence-electron chi connectivity index (χ3n) is 4.11. The zero-order valence-corrected chi connectivity index (χ0v) is 16.2. The van der Waals surface area contributed by atoms with Crippen LogP contribution >= 0.6 is 0 Å². The summed E-state index contributed by atoms with van der Waals surface area (Å²) in [4.78, 5) is 25.0. The van der Waals surface area contributed by atoms with Gasteiger partial charge in [0.25, 0.3) is 0 Å². The molecule has 1 fully saturated rings. The van der Waals surface area contributed by atoms with Gasteiger partial charge in [-0.1, -0.05) is 17.7 Å². The van der Waals surface area contributed by atoms with Crippen LogP contribution in [0.15, 0.2) is 24.3 Å². The molecule has 0 radical (unpaired) electrons. The van der Waals surface area contributed by atoms with Gasteiger partial charge >= 0.3 is 5.97 Å². The van der Waals surface area contributed by atoms with Crippen LogP contribution in [0.3, 0.4) is 0 Å². The molecule has 1 aliphatic heterocycles. The number of hydrogen-bond acceptors (Lipinski definition) is 6. The van der Waals surface area contributed by atoms with Crippen molar-refractivity contribution in [3.8, 4) is 0 Å². The third-order valence-corrected chi connectivity index (χ3v) is 5.33. The van der Waals surface area contributed by atoms with Gasteiger partial charge in [-0.2, -0.15) is 4.31 Å². The van der Waals surface area contributed by atoms with E-state index in [0.29, 0.717) is 25.4 Å². The lowest BCUT2D eigenvalue weighted by molar-refractivity contribution is -0.137. The van der Waals surface area contributed by atoms with Gasteiger partial charge in [-0.05, 0) is 19.1 Å². The number of carbonyl (C=O) groups excluding carboxylic acids is 1. The van der Waals surface area contributed by atoms with Gasteiger partial charge in [-0.15, -0.1) is 0 Å². The van der Waals surface area contributed by atoms with Crippen molar-refractivity contribution in [1.29, 1.82) is 0 Å². The number of nitrogens with zero attached hydrogens (tertiary/aromatic N) is 2. The van der Waals surface area contributed by atoms with Crippen LogP contribution in [0.25, 0.3) is 0 Å². The minimum Gasteiger partial charge on any atom is -0.480 e.